The number of rotatable bonds is 4. The molecular weight excluding hydrogens is 174 g/mol. The molecule has 0 aromatic rings. The van der Waals surface area contributed by atoms with Crippen molar-refractivity contribution in [2.75, 3.05) is 39.8 Å². The minimum Gasteiger partial charge on any atom is -0.315 e. The fourth-order valence-electron chi connectivity index (χ4n) is 2.59. The Balaban J connectivity index is 1.54. The van der Waals surface area contributed by atoms with E-state index in [1.165, 1.54) is 52.0 Å². The van der Waals surface area contributed by atoms with Crippen LogP contribution in [0.1, 0.15) is 19.3 Å². The first-order valence-electron chi connectivity index (χ1n) is 5.97. The van der Waals surface area contributed by atoms with Gasteiger partial charge in [0.2, 0.25) is 0 Å². The van der Waals surface area contributed by atoms with E-state index in [4.69, 9.17) is 0 Å². The van der Waals surface area contributed by atoms with Gasteiger partial charge in [0.05, 0.1) is 0 Å². The molecule has 0 radical (unpaired) electrons. The lowest BCUT2D eigenvalue weighted by Crippen LogP contribution is -2.36. The van der Waals surface area contributed by atoms with E-state index in [2.05, 4.69) is 22.6 Å². The van der Waals surface area contributed by atoms with Crippen LogP contribution in [0.4, 0.5) is 0 Å². The highest BCUT2D eigenvalue weighted by molar-refractivity contribution is 4.79. The van der Waals surface area contributed by atoms with E-state index in [1.54, 1.807) is 0 Å². The van der Waals surface area contributed by atoms with Gasteiger partial charge in [0, 0.05) is 19.1 Å². The van der Waals surface area contributed by atoms with E-state index < -0.39 is 0 Å². The van der Waals surface area contributed by atoms with Crippen molar-refractivity contribution in [3.63, 3.8) is 0 Å². The Labute approximate surface area is 87.2 Å². The third-order valence-corrected chi connectivity index (χ3v) is 3.48. The highest BCUT2D eigenvalue weighted by Gasteiger charge is 2.19. The maximum absolute atomic E-state index is 3.60. The van der Waals surface area contributed by atoms with Gasteiger partial charge in [0.25, 0.3) is 0 Å². The second-order valence-corrected chi connectivity index (χ2v) is 4.87. The Morgan fingerprint density at radius 1 is 1.36 bits per heavy atom. The fourth-order valence-corrected chi connectivity index (χ4v) is 2.59. The SMILES string of the molecule is CN1CCC(CNCC2CCCN2)C1. The van der Waals surface area contributed by atoms with Gasteiger partial charge in [0.15, 0.2) is 0 Å². The molecule has 2 aliphatic heterocycles. The molecule has 82 valence electrons. The minimum atomic E-state index is 0.745. The molecule has 0 aliphatic carbocycles. The first kappa shape index (κ1) is 10.4. The number of nitrogens with zero attached hydrogens (tertiary/aromatic N) is 1. The highest BCUT2D eigenvalue weighted by Crippen LogP contribution is 2.13. The molecular formula is C11H23N3. The third-order valence-electron chi connectivity index (χ3n) is 3.48. The number of nitrogens with one attached hydrogen (secondary N) is 2. The lowest BCUT2D eigenvalue weighted by molar-refractivity contribution is 0.385. The third kappa shape index (κ3) is 2.94. The van der Waals surface area contributed by atoms with Gasteiger partial charge < -0.3 is 15.5 Å². The zero-order chi connectivity index (χ0) is 9.80. The largest absolute Gasteiger partial charge is 0.315 e. The molecule has 3 nitrogen and oxygen atoms in total. The van der Waals surface area contributed by atoms with Crippen LogP contribution in [-0.2, 0) is 0 Å². The normalized spacial score (nSPS) is 34.1. The average molecular weight is 197 g/mol. The van der Waals surface area contributed by atoms with Gasteiger partial charge >= 0.3 is 0 Å². The van der Waals surface area contributed by atoms with Crippen LogP contribution in [0, 0.1) is 5.92 Å². The molecule has 2 N–H and O–H groups in total. The average Bonchev–Trinajstić information content (AvgIpc) is 2.77. The zero-order valence-electron chi connectivity index (χ0n) is 9.26. The van der Waals surface area contributed by atoms with Crippen molar-refractivity contribution in [3.8, 4) is 0 Å². The Hall–Kier alpha value is -0.120. The molecule has 14 heavy (non-hydrogen) atoms. The van der Waals surface area contributed by atoms with Gasteiger partial charge in [-0.05, 0) is 51.9 Å². The van der Waals surface area contributed by atoms with E-state index >= 15 is 0 Å². The van der Waals surface area contributed by atoms with Crippen LogP contribution in [-0.4, -0.2) is 50.7 Å². The van der Waals surface area contributed by atoms with E-state index in [9.17, 15) is 0 Å². The van der Waals surface area contributed by atoms with Gasteiger partial charge in [-0.25, -0.2) is 0 Å². The number of hydrogen-bond donors (Lipinski definition) is 2. The summed E-state index contributed by atoms with van der Waals surface area (Å²) in [5, 5.41) is 7.12. The van der Waals surface area contributed by atoms with Crippen LogP contribution in [0.3, 0.4) is 0 Å². The van der Waals surface area contributed by atoms with Gasteiger partial charge in [-0.3, -0.25) is 0 Å². The first-order valence-corrected chi connectivity index (χ1v) is 5.97. The molecule has 0 bridgehead atoms. The molecule has 3 heteroatoms. The van der Waals surface area contributed by atoms with Crippen molar-refractivity contribution in [1.29, 1.82) is 0 Å². The summed E-state index contributed by atoms with van der Waals surface area (Å²) in [6, 6.07) is 0.745. The summed E-state index contributed by atoms with van der Waals surface area (Å²) >= 11 is 0. The van der Waals surface area contributed by atoms with Crippen LogP contribution in [0.15, 0.2) is 0 Å². The lowest BCUT2D eigenvalue weighted by Gasteiger charge is -2.14. The Morgan fingerprint density at radius 2 is 2.29 bits per heavy atom. The Morgan fingerprint density at radius 3 is 2.93 bits per heavy atom. The van der Waals surface area contributed by atoms with E-state index in [0.717, 1.165) is 12.0 Å². The molecule has 0 aromatic carbocycles. The predicted octanol–water partition coefficient (Wildman–Crippen LogP) is 0.280. The van der Waals surface area contributed by atoms with Gasteiger partial charge in [0.1, 0.15) is 0 Å². The molecule has 0 spiro atoms. The summed E-state index contributed by atoms with van der Waals surface area (Å²) in [6.45, 7) is 6.17. The molecule has 2 atom stereocenters. The van der Waals surface area contributed by atoms with Gasteiger partial charge in [-0.2, -0.15) is 0 Å². The molecule has 2 fully saturated rings. The second-order valence-electron chi connectivity index (χ2n) is 4.87. The molecule has 2 rings (SSSR count). The monoisotopic (exact) mass is 197 g/mol. The molecule has 0 aromatic heterocycles. The lowest BCUT2D eigenvalue weighted by atomic mass is 10.1. The molecule has 2 aliphatic rings. The zero-order valence-corrected chi connectivity index (χ0v) is 9.26. The van der Waals surface area contributed by atoms with Crippen LogP contribution in [0.2, 0.25) is 0 Å². The van der Waals surface area contributed by atoms with Crippen molar-refractivity contribution in [1.82, 2.24) is 15.5 Å². The summed E-state index contributed by atoms with van der Waals surface area (Å²) in [4.78, 5) is 2.43. The van der Waals surface area contributed by atoms with Crippen molar-refractivity contribution >= 4 is 0 Å². The summed E-state index contributed by atoms with van der Waals surface area (Å²) in [7, 11) is 2.22. The molecule has 2 unspecified atom stereocenters. The summed E-state index contributed by atoms with van der Waals surface area (Å²) in [5.41, 5.74) is 0. The van der Waals surface area contributed by atoms with E-state index in [0.29, 0.717) is 0 Å². The quantitative estimate of drug-likeness (QED) is 0.678. The maximum Gasteiger partial charge on any atom is 0.0192 e. The Bertz CT molecular complexity index is 166. The van der Waals surface area contributed by atoms with Gasteiger partial charge in [-0.15, -0.1) is 0 Å². The van der Waals surface area contributed by atoms with Crippen molar-refractivity contribution in [3.05, 3.63) is 0 Å². The van der Waals surface area contributed by atoms with Crippen LogP contribution >= 0.6 is 0 Å². The van der Waals surface area contributed by atoms with Crippen LogP contribution < -0.4 is 10.6 Å². The molecule has 2 heterocycles. The first-order chi connectivity index (χ1) is 6.84. The van der Waals surface area contributed by atoms with E-state index in [-0.39, 0.29) is 0 Å². The smallest absolute Gasteiger partial charge is 0.0192 e. The second kappa shape index (κ2) is 5.10. The predicted molar refractivity (Wildman–Crippen MR) is 59.5 cm³/mol. The summed E-state index contributed by atoms with van der Waals surface area (Å²) in [5.74, 6) is 0.890. The summed E-state index contributed by atoms with van der Waals surface area (Å²) < 4.78 is 0. The number of likely N-dealkylation sites (tertiary alicyclic amines) is 1. The molecule has 2 saturated heterocycles. The molecule has 0 saturated carbocycles. The highest BCUT2D eigenvalue weighted by atomic mass is 15.1. The standard InChI is InChI=1S/C11H23N3/c1-14-6-4-10(9-14)7-12-8-11-3-2-5-13-11/h10-13H,2-9H2,1H3. The van der Waals surface area contributed by atoms with Crippen LogP contribution in [0.25, 0.3) is 0 Å². The Kier molecular flexibility index (Phi) is 3.79. The summed E-state index contributed by atoms with van der Waals surface area (Å²) in [6.07, 6.45) is 4.09. The number of hydrogen-bond acceptors (Lipinski definition) is 3. The minimum absolute atomic E-state index is 0.745. The van der Waals surface area contributed by atoms with Crippen molar-refractivity contribution in [2.24, 2.45) is 5.92 Å². The topological polar surface area (TPSA) is 27.3 Å². The van der Waals surface area contributed by atoms with Crippen molar-refractivity contribution in [2.45, 2.75) is 25.3 Å². The van der Waals surface area contributed by atoms with Gasteiger partial charge in [-0.1, -0.05) is 0 Å². The maximum atomic E-state index is 3.60. The fraction of sp³-hybridized carbons (Fsp3) is 1.00. The van der Waals surface area contributed by atoms with Crippen LogP contribution in [0.5, 0.6) is 0 Å². The molecule has 0 amide bonds. The van der Waals surface area contributed by atoms with E-state index in [1.807, 2.05) is 0 Å². The van der Waals surface area contributed by atoms with Crippen molar-refractivity contribution < 1.29 is 0 Å².